The van der Waals surface area contributed by atoms with E-state index in [4.69, 9.17) is 5.73 Å². The van der Waals surface area contributed by atoms with Crippen LogP contribution in [-0.2, 0) is 9.59 Å². The Labute approximate surface area is 107 Å². The van der Waals surface area contributed by atoms with E-state index in [-0.39, 0.29) is 18.2 Å². The number of halogens is 1. The highest BCUT2D eigenvalue weighted by Crippen LogP contribution is 2.32. The highest BCUT2D eigenvalue weighted by molar-refractivity contribution is 9.10. The van der Waals surface area contributed by atoms with Crippen molar-refractivity contribution in [3.8, 4) is 0 Å². The molecule has 1 atom stereocenters. The van der Waals surface area contributed by atoms with Crippen LogP contribution in [-0.4, -0.2) is 18.4 Å². The van der Waals surface area contributed by atoms with Crippen molar-refractivity contribution >= 4 is 33.4 Å². The van der Waals surface area contributed by atoms with Crippen LogP contribution in [0.4, 0.5) is 5.69 Å². The Morgan fingerprint density at radius 3 is 3.00 bits per heavy atom. The number of rotatable bonds is 4. The molecule has 0 saturated carbocycles. The first-order valence-corrected chi connectivity index (χ1v) is 5.99. The third-order valence-electron chi connectivity index (χ3n) is 2.57. The van der Waals surface area contributed by atoms with E-state index in [0.29, 0.717) is 6.54 Å². The van der Waals surface area contributed by atoms with Crippen molar-refractivity contribution in [2.45, 2.75) is 12.5 Å². The summed E-state index contributed by atoms with van der Waals surface area (Å²) in [6.45, 7) is 0.392. The van der Waals surface area contributed by atoms with Crippen LogP contribution in [0.5, 0.6) is 0 Å². The third kappa shape index (κ3) is 2.65. The number of carbonyl (C=O) groups excluding carboxylic acids is 2. The molecule has 0 saturated heterocycles. The third-order valence-corrected chi connectivity index (χ3v) is 3.06. The average Bonchev–Trinajstić information content (AvgIpc) is 2.54. The van der Waals surface area contributed by atoms with Crippen molar-refractivity contribution in [2.24, 2.45) is 5.73 Å². The first-order chi connectivity index (χ1) is 8.08. The molecule has 0 bridgehead atoms. The summed E-state index contributed by atoms with van der Waals surface area (Å²) in [5, 5.41) is 5.79. The summed E-state index contributed by atoms with van der Waals surface area (Å²) in [5.41, 5.74) is 6.72. The second-order valence-corrected chi connectivity index (χ2v) is 4.74. The minimum Gasteiger partial charge on any atom is -0.370 e. The molecule has 1 aliphatic rings. The molecule has 4 N–H and O–H groups in total. The molecule has 0 aromatic heterocycles. The molecular weight excluding hydrogens is 286 g/mol. The Hall–Kier alpha value is -1.40. The normalized spacial score (nSPS) is 17.7. The number of hydrogen-bond donors (Lipinski definition) is 3. The van der Waals surface area contributed by atoms with Gasteiger partial charge in [-0.1, -0.05) is 22.0 Å². The summed E-state index contributed by atoms with van der Waals surface area (Å²) in [6.07, 6.45) is 0.218. The van der Waals surface area contributed by atoms with Gasteiger partial charge in [-0.05, 0) is 12.1 Å². The van der Waals surface area contributed by atoms with Gasteiger partial charge >= 0.3 is 0 Å². The van der Waals surface area contributed by atoms with Crippen LogP contribution in [0.15, 0.2) is 22.7 Å². The molecule has 1 aromatic carbocycles. The van der Waals surface area contributed by atoms with E-state index in [9.17, 15) is 9.59 Å². The number of primary amides is 1. The highest BCUT2D eigenvalue weighted by Gasteiger charge is 2.29. The lowest BCUT2D eigenvalue weighted by Crippen LogP contribution is -2.30. The van der Waals surface area contributed by atoms with Crippen LogP contribution in [0.25, 0.3) is 0 Å². The van der Waals surface area contributed by atoms with E-state index in [1.54, 1.807) is 0 Å². The number of benzene rings is 1. The molecule has 0 spiro atoms. The molecule has 1 unspecified atom stereocenters. The number of nitrogens with one attached hydrogen (secondary N) is 2. The van der Waals surface area contributed by atoms with Crippen LogP contribution in [0, 0.1) is 0 Å². The van der Waals surface area contributed by atoms with E-state index in [1.165, 1.54) is 0 Å². The Balaban J connectivity index is 2.09. The molecule has 2 amide bonds. The van der Waals surface area contributed by atoms with E-state index in [1.807, 2.05) is 18.2 Å². The smallest absolute Gasteiger partial charge is 0.246 e. The number of fused-ring (bicyclic) bond motifs is 1. The van der Waals surface area contributed by atoms with Gasteiger partial charge in [0.1, 0.15) is 6.04 Å². The number of amides is 2. The Kier molecular flexibility index (Phi) is 3.44. The first-order valence-electron chi connectivity index (χ1n) is 5.20. The SMILES string of the molecule is NC(=O)CCNC1C(=O)Nc2cc(Br)ccc21. The van der Waals surface area contributed by atoms with E-state index < -0.39 is 6.04 Å². The van der Waals surface area contributed by atoms with Gasteiger partial charge in [-0.3, -0.25) is 9.59 Å². The highest BCUT2D eigenvalue weighted by atomic mass is 79.9. The van der Waals surface area contributed by atoms with Crippen LogP contribution in [0.2, 0.25) is 0 Å². The maximum absolute atomic E-state index is 11.7. The van der Waals surface area contributed by atoms with Gasteiger partial charge in [0.25, 0.3) is 0 Å². The zero-order chi connectivity index (χ0) is 12.4. The van der Waals surface area contributed by atoms with Gasteiger partial charge in [0, 0.05) is 28.7 Å². The van der Waals surface area contributed by atoms with Crippen LogP contribution < -0.4 is 16.4 Å². The molecule has 2 rings (SSSR count). The number of hydrogen-bond acceptors (Lipinski definition) is 3. The average molecular weight is 298 g/mol. The van der Waals surface area contributed by atoms with Crippen molar-refractivity contribution in [2.75, 3.05) is 11.9 Å². The molecule has 17 heavy (non-hydrogen) atoms. The van der Waals surface area contributed by atoms with Crippen molar-refractivity contribution in [3.63, 3.8) is 0 Å². The van der Waals surface area contributed by atoms with Gasteiger partial charge in [-0.2, -0.15) is 0 Å². The summed E-state index contributed by atoms with van der Waals surface area (Å²) in [4.78, 5) is 22.3. The van der Waals surface area contributed by atoms with Crippen molar-refractivity contribution in [1.82, 2.24) is 5.32 Å². The topological polar surface area (TPSA) is 84.2 Å². The fourth-order valence-corrected chi connectivity index (χ4v) is 2.14. The largest absolute Gasteiger partial charge is 0.370 e. The van der Waals surface area contributed by atoms with Gasteiger partial charge in [0.15, 0.2) is 0 Å². The molecule has 1 heterocycles. The maximum atomic E-state index is 11.7. The predicted molar refractivity (Wildman–Crippen MR) is 67.3 cm³/mol. The lowest BCUT2D eigenvalue weighted by atomic mass is 10.1. The molecule has 6 heteroatoms. The first kappa shape index (κ1) is 12.1. The van der Waals surface area contributed by atoms with Crippen LogP contribution in [0.3, 0.4) is 0 Å². The van der Waals surface area contributed by atoms with E-state index in [0.717, 1.165) is 15.7 Å². The fraction of sp³-hybridized carbons (Fsp3) is 0.273. The van der Waals surface area contributed by atoms with E-state index >= 15 is 0 Å². The maximum Gasteiger partial charge on any atom is 0.246 e. The minimum atomic E-state index is -0.405. The Morgan fingerprint density at radius 2 is 2.29 bits per heavy atom. The quantitative estimate of drug-likeness (QED) is 0.772. The molecule has 90 valence electrons. The molecule has 0 aliphatic carbocycles. The minimum absolute atomic E-state index is 0.109. The molecule has 5 nitrogen and oxygen atoms in total. The molecule has 1 aromatic rings. The summed E-state index contributed by atoms with van der Waals surface area (Å²) >= 11 is 3.34. The Bertz CT molecular complexity index is 476. The zero-order valence-electron chi connectivity index (χ0n) is 9.00. The summed E-state index contributed by atoms with van der Waals surface area (Å²) in [7, 11) is 0. The Morgan fingerprint density at radius 1 is 1.53 bits per heavy atom. The molecule has 1 aliphatic heterocycles. The van der Waals surface area contributed by atoms with Gasteiger partial charge in [0.2, 0.25) is 11.8 Å². The van der Waals surface area contributed by atoms with Gasteiger partial charge in [0.05, 0.1) is 0 Å². The van der Waals surface area contributed by atoms with E-state index in [2.05, 4.69) is 26.6 Å². The molecule has 0 radical (unpaired) electrons. The van der Waals surface area contributed by atoms with Gasteiger partial charge in [-0.25, -0.2) is 0 Å². The lowest BCUT2D eigenvalue weighted by Gasteiger charge is -2.10. The lowest BCUT2D eigenvalue weighted by molar-refractivity contribution is -0.119. The predicted octanol–water partition coefficient (Wildman–Crippen LogP) is 0.907. The van der Waals surface area contributed by atoms with Gasteiger partial charge < -0.3 is 16.4 Å². The van der Waals surface area contributed by atoms with Crippen LogP contribution in [0.1, 0.15) is 18.0 Å². The second kappa shape index (κ2) is 4.85. The zero-order valence-corrected chi connectivity index (χ0v) is 10.6. The second-order valence-electron chi connectivity index (χ2n) is 3.82. The molecule has 0 fully saturated rings. The van der Waals surface area contributed by atoms with Crippen molar-refractivity contribution in [1.29, 1.82) is 0 Å². The summed E-state index contributed by atoms with van der Waals surface area (Å²) in [5.74, 6) is -0.491. The summed E-state index contributed by atoms with van der Waals surface area (Å²) in [6, 6.07) is 5.20. The number of anilines is 1. The number of nitrogens with two attached hydrogens (primary N) is 1. The molecular formula is C11H12BrN3O2. The number of carbonyl (C=O) groups is 2. The fourth-order valence-electron chi connectivity index (χ4n) is 1.78. The monoisotopic (exact) mass is 297 g/mol. The summed E-state index contributed by atoms with van der Waals surface area (Å²) < 4.78 is 0.911. The standard InChI is InChI=1S/C11H12BrN3O2/c12-6-1-2-7-8(5-6)15-11(17)10(7)14-4-3-9(13)16/h1-2,5,10,14H,3-4H2,(H2,13,16)(H,15,17). The van der Waals surface area contributed by atoms with Crippen LogP contribution >= 0.6 is 15.9 Å². The van der Waals surface area contributed by atoms with Crippen molar-refractivity contribution in [3.05, 3.63) is 28.2 Å². The van der Waals surface area contributed by atoms with Gasteiger partial charge in [-0.15, -0.1) is 0 Å². The van der Waals surface area contributed by atoms with Crippen molar-refractivity contribution < 1.29 is 9.59 Å².